The van der Waals surface area contributed by atoms with E-state index in [4.69, 9.17) is 4.42 Å². The van der Waals surface area contributed by atoms with Gasteiger partial charge < -0.3 is 14.4 Å². The van der Waals surface area contributed by atoms with Crippen LogP contribution in [0.25, 0.3) is 11.0 Å². The molecular formula is C19H25NO3. The average molecular weight is 315 g/mol. The van der Waals surface area contributed by atoms with Crippen molar-refractivity contribution in [2.45, 2.75) is 52.0 Å². The highest BCUT2D eigenvalue weighted by Gasteiger charge is 2.22. The van der Waals surface area contributed by atoms with Crippen LogP contribution in [0.4, 0.5) is 0 Å². The molecule has 0 unspecified atom stereocenters. The van der Waals surface area contributed by atoms with Gasteiger partial charge in [0.2, 0.25) is 0 Å². The third-order valence-corrected chi connectivity index (χ3v) is 4.75. The van der Waals surface area contributed by atoms with Crippen molar-refractivity contribution in [1.82, 2.24) is 4.90 Å². The van der Waals surface area contributed by atoms with Crippen LogP contribution in [-0.2, 0) is 19.4 Å². The third kappa shape index (κ3) is 3.27. The monoisotopic (exact) mass is 315 g/mol. The predicted molar refractivity (Wildman–Crippen MR) is 92.0 cm³/mol. The molecule has 0 bridgehead atoms. The number of hydrogen-bond donors (Lipinski definition) is 1. The van der Waals surface area contributed by atoms with Gasteiger partial charge in [-0.05, 0) is 49.6 Å². The van der Waals surface area contributed by atoms with Gasteiger partial charge in [-0.2, -0.15) is 0 Å². The van der Waals surface area contributed by atoms with Crippen LogP contribution >= 0.6 is 0 Å². The summed E-state index contributed by atoms with van der Waals surface area (Å²) in [6, 6.07) is 3.76. The first-order valence-electron chi connectivity index (χ1n) is 8.59. The Bertz CT molecular complexity index is 763. The first kappa shape index (κ1) is 16.1. The highest BCUT2D eigenvalue weighted by atomic mass is 16.4. The number of phenols is 1. The van der Waals surface area contributed by atoms with Crippen LogP contribution in [0.1, 0.15) is 49.3 Å². The molecule has 3 rings (SSSR count). The molecule has 124 valence electrons. The van der Waals surface area contributed by atoms with E-state index in [1.165, 1.54) is 19.3 Å². The summed E-state index contributed by atoms with van der Waals surface area (Å²) in [6.45, 7) is 3.72. The molecule has 1 aromatic carbocycles. The minimum absolute atomic E-state index is 0.239. The lowest BCUT2D eigenvalue weighted by Gasteiger charge is -2.25. The second kappa shape index (κ2) is 6.75. The minimum atomic E-state index is -0.247. The van der Waals surface area contributed by atoms with Gasteiger partial charge in [0.25, 0.3) is 0 Å². The molecule has 2 heterocycles. The summed E-state index contributed by atoms with van der Waals surface area (Å²) in [4.78, 5) is 14.4. The number of likely N-dealkylation sites (N-methyl/N-ethyl adjacent to an activating group) is 1. The Morgan fingerprint density at radius 2 is 2.04 bits per heavy atom. The fraction of sp³-hybridized carbons (Fsp3) is 0.526. The van der Waals surface area contributed by atoms with Crippen molar-refractivity contribution in [3.05, 3.63) is 39.2 Å². The molecule has 0 saturated carbocycles. The van der Waals surface area contributed by atoms with Crippen LogP contribution in [-0.4, -0.2) is 23.6 Å². The summed E-state index contributed by atoms with van der Waals surface area (Å²) in [5.41, 5.74) is 2.97. The second-order valence-electron chi connectivity index (χ2n) is 6.63. The Hall–Kier alpha value is -1.81. The van der Waals surface area contributed by atoms with Crippen LogP contribution < -0.4 is 5.63 Å². The van der Waals surface area contributed by atoms with Crippen molar-refractivity contribution >= 4 is 11.0 Å². The van der Waals surface area contributed by atoms with Crippen molar-refractivity contribution in [2.24, 2.45) is 0 Å². The van der Waals surface area contributed by atoms with Crippen LogP contribution in [0.5, 0.6) is 5.75 Å². The summed E-state index contributed by atoms with van der Waals surface area (Å²) >= 11 is 0. The Morgan fingerprint density at radius 3 is 2.83 bits per heavy atom. The van der Waals surface area contributed by atoms with E-state index in [0.29, 0.717) is 23.9 Å². The Balaban J connectivity index is 2.00. The van der Waals surface area contributed by atoms with E-state index >= 15 is 0 Å². The summed E-state index contributed by atoms with van der Waals surface area (Å²) in [7, 11) is 2.03. The smallest absolute Gasteiger partial charge is 0.339 e. The van der Waals surface area contributed by atoms with Crippen LogP contribution in [0.3, 0.4) is 0 Å². The van der Waals surface area contributed by atoms with Crippen LogP contribution in [0, 0.1) is 0 Å². The molecule has 4 heteroatoms. The maximum Gasteiger partial charge on any atom is 0.339 e. The molecule has 2 aromatic rings. The van der Waals surface area contributed by atoms with E-state index in [-0.39, 0.29) is 11.4 Å². The molecule has 0 fully saturated rings. The Kier molecular flexibility index (Phi) is 4.71. The quantitative estimate of drug-likeness (QED) is 0.676. The van der Waals surface area contributed by atoms with Crippen molar-refractivity contribution in [3.63, 3.8) is 0 Å². The predicted octanol–water partition coefficient (Wildman–Crippen LogP) is 3.61. The van der Waals surface area contributed by atoms with Crippen molar-refractivity contribution in [1.29, 1.82) is 0 Å². The van der Waals surface area contributed by atoms with E-state index in [2.05, 4.69) is 11.8 Å². The number of fused-ring (bicyclic) bond motifs is 3. The minimum Gasteiger partial charge on any atom is -0.507 e. The van der Waals surface area contributed by atoms with Gasteiger partial charge in [0.05, 0.1) is 5.39 Å². The number of benzene rings is 1. The SMILES string of the molecule is CCCCCCc1cc(O)c2c3c(c(=O)oc2c1)CCN(C)C3. The number of rotatable bonds is 5. The van der Waals surface area contributed by atoms with Gasteiger partial charge in [0.15, 0.2) is 0 Å². The number of phenolic OH excluding ortho intramolecular Hbond substituents is 1. The topological polar surface area (TPSA) is 53.7 Å². The maximum atomic E-state index is 12.2. The lowest BCUT2D eigenvalue weighted by Crippen LogP contribution is -2.30. The van der Waals surface area contributed by atoms with E-state index in [9.17, 15) is 9.90 Å². The van der Waals surface area contributed by atoms with Gasteiger partial charge in [-0.25, -0.2) is 4.79 Å². The molecule has 0 atom stereocenters. The zero-order valence-corrected chi connectivity index (χ0v) is 14.0. The lowest BCUT2D eigenvalue weighted by atomic mass is 9.96. The molecule has 1 aliphatic rings. The van der Waals surface area contributed by atoms with Gasteiger partial charge >= 0.3 is 5.63 Å². The lowest BCUT2D eigenvalue weighted by molar-refractivity contribution is 0.309. The fourth-order valence-electron chi connectivity index (χ4n) is 3.45. The van der Waals surface area contributed by atoms with E-state index in [1.54, 1.807) is 0 Å². The van der Waals surface area contributed by atoms with E-state index in [0.717, 1.165) is 36.1 Å². The normalized spacial score (nSPS) is 15.0. The molecule has 1 N–H and O–H groups in total. The summed E-state index contributed by atoms with van der Waals surface area (Å²) in [6.07, 6.45) is 6.31. The molecule has 1 aliphatic heterocycles. The van der Waals surface area contributed by atoms with Crippen LogP contribution in [0.15, 0.2) is 21.3 Å². The zero-order valence-electron chi connectivity index (χ0n) is 14.0. The zero-order chi connectivity index (χ0) is 16.4. The van der Waals surface area contributed by atoms with Crippen LogP contribution in [0.2, 0.25) is 0 Å². The molecular weight excluding hydrogens is 290 g/mol. The highest BCUT2D eigenvalue weighted by Crippen LogP contribution is 2.33. The maximum absolute atomic E-state index is 12.2. The van der Waals surface area contributed by atoms with Gasteiger partial charge in [0.1, 0.15) is 11.3 Å². The summed E-state index contributed by atoms with van der Waals surface area (Å²) in [5.74, 6) is 0.239. The molecule has 0 saturated heterocycles. The summed E-state index contributed by atoms with van der Waals surface area (Å²) < 4.78 is 5.51. The number of hydrogen-bond acceptors (Lipinski definition) is 4. The van der Waals surface area contributed by atoms with Gasteiger partial charge in [-0.15, -0.1) is 0 Å². The third-order valence-electron chi connectivity index (χ3n) is 4.75. The molecule has 0 aliphatic carbocycles. The van der Waals surface area contributed by atoms with E-state index < -0.39 is 0 Å². The highest BCUT2D eigenvalue weighted by molar-refractivity contribution is 5.88. The molecule has 0 amide bonds. The number of aromatic hydroxyl groups is 1. The van der Waals surface area contributed by atoms with Gasteiger partial charge in [-0.1, -0.05) is 26.2 Å². The van der Waals surface area contributed by atoms with Crippen molar-refractivity contribution in [2.75, 3.05) is 13.6 Å². The molecule has 0 radical (unpaired) electrons. The largest absolute Gasteiger partial charge is 0.507 e. The van der Waals surface area contributed by atoms with Crippen molar-refractivity contribution in [3.8, 4) is 5.75 Å². The Labute approximate surface area is 136 Å². The average Bonchev–Trinajstić information content (AvgIpc) is 2.51. The molecule has 0 spiro atoms. The number of aryl methyl sites for hydroxylation is 1. The van der Waals surface area contributed by atoms with Gasteiger partial charge in [0, 0.05) is 18.7 Å². The van der Waals surface area contributed by atoms with E-state index in [1.807, 2.05) is 19.2 Å². The second-order valence-corrected chi connectivity index (χ2v) is 6.63. The molecule has 1 aromatic heterocycles. The molecule has 4 nitrogen and oxygen atoms in total. The first-order valence-corrected chi connectivity index (χ1v) is 8.59. The summed E-state index contributed by atoms with van der Waals surface area (Å²) in [5, 5.41) is 11.2. The fourth-order valence-corrected chi connectivity index (χ4v) is 3.45. The van der Waals surface area contributed by atoms with Gasteiger partial charge in [-0.3, -0.25) is 0 Å². The number of nitrogens with zero attached hydrogens (tertiary/aromatic N) is 1. The first-order chi connectivity index (χ1) is 11.1. The molecule has 23 heavy (non-hydrogen) atoms. The standard InChI is InChI=1S/C19H25NO3/c1-3-4-5-6-7-13-10-16(21)18-15-12-20(2)9-8-14(15)19(22)23-17(18)11-13/h10-11,21H,3-9,12H2,1-2H3. The number of unbranched alkanes of at least 4 members (excludes halogenated alkanes) is 3. The Morgan fingerprint density at radius 1 is 1.22 bits per heavy atom. The van der Waals surface area contributed by atoms with Crippen molar-refractivity contribution < 1.29 is 9.52 Å².